The zero-order valence-corrected chi connectivity index (χ0v) is 12.6. The topological polar surface area (TPSA) is 84.9 Å². The molecule has 0 aliphatic heterocycles. The fourth-order valence-corrected chi connectivity index (χ4v) is 1.54. The number of carboxylic acid groups (broad SMARTS) is 1. The molecule has 0 saturated carbocycles. The zero-order chi connectivity index (χ0) is 15.3. The van der Waals surface area contributed by atoms with Crippen molar-refractivity contribution in [2.75, 3.05) is 7.11 Å². The summed E-state index contributed by atoms with van der Waals surface area (Å²) in [6.45, 7) is 8.91. The van der Waals surface area contributed by atoms with Crippen LogP contribution in [0.15, 0.2) is 0 Å². The van der Waals surface area contributed by atoms with Gasteiger partial charge in [0.15, 0.2) is 0 Å². The van der Waals surface area contributed by atoms with Gasteiger partial charge < -0.3 is 19.9 Å². The molecule has 0 bridgehead atoms. The number of methoxy groups -OCH3 is 1. The van der Waals surface area contributed by atoms with Crippen molar-refractivity contribution < 1.29 is 24.2 Å². The Morgan fingerprint density at radius 1 is 1.21 bits per heavy atom. The minimum atomic E-state index is -0.979. The summed E-state index contributed by atoms with van der Waals surface area (Å²) >= 11 is 0. The van der Waals surface area contributed by atoms with Gasteiger partial charge in [-0.2, -0.15) is 0 Å². The molecule has 0 spiro atoms. The molecule has 0 fully saturated rings. The van der Waals surface area contributed by atoms with Crippen molar-refractivity contribution in [3.8, 4) is 0 Å². The van der Waals surface area contributed by atoms with Crippen LogP contribution >= 0.6 is 0 Å². The summed E-state index contributed by atoms with van der Waals surface area (Å²) in [5.74, 6) is -0.979. The lowest BCUT2D eigenvalue weighted by Gasteiger charge is -2.29. The van der Waals surface area contributed by atoms with E-state index in [2.05, 4.69) is 5.32 Å². The number of carboxylic acids is 1. The third kappa shape index (κ3) is 9.30. The molecule has 0 aromatic carbocycles. The average molecular weight is 275 g/mol. The van der Waals surface area contributed by atoms with E-state index >= 15 is 0 Å². The molecule has 0 saturated heterocycles. The van der Waals surface area contributed by atoms with E-state index in [0.717, 1.165) is 0 Å². The highest BCUT2D eigenvalue weighted by molar-refractivity contribution is 5.71. The minimum Gasteiger partial charge on any atom is -0.481 e. The fourth-order valence-electron chi connectivity index (χ4n) is 1.54. The Kier molecular flexibility index (Phi) is 6.29. The van der Waals surface area contributed by atoms with E-state index in [1.54, 1.807) is 27.9 Å². The predicted molar refractivity (Wildman–Crippen MR) is 71.1 cm³/mol. The molecule has 0 radical (unpaired) electrons. The third-order valence-electron chi connectivity index (χ3n) is 2.43. The third-order valence-corrected chi connectivity index (χ3v) is 2.43. The van der Waals surface area contributed by atoms with Gasteiger partial charge in [0.1, 0.15) is 5.60 Å². The SMILES string of the molecule is COC(C)(C)CC(CC(=O)O)NC(=O)OC(C)(C)C. The highest BCUT2D eigenvalue weighted by Crippen LogP contribution is 2.18. The van der Waals surface area contributed by atoms with Crippen LogP contribution in [-0.4, -0.2) is 41.5 Å². The number of nitrogens with one attached hydrogen (secondary N) is 1. The minimum absolute atomic E-state index is 0.175. The maximum Gasteiger partial charge on any atom is 0.407 e. The molecule has 112 valence electrons. The van der Waals surface area contributed by atoms with E-state index in [1.165, 1.54) is 0 Å². The van der Waals surface area contributed by atoms with Crippen molar-refractivity contribution >= 4 is 12.1 Å². The largest absolute Gasteiger partial charge is 0.481 e. The van der Waals surface area contributed by atoms with Gasteiger partial charge in [0, 0.05) is 13.2 Å². The van der Waals surface area contributed by atoms with Gasteiger partial charge in [0.05, 0.1) is 12.0 Å². The lowest BCUT2D eigenvalue weighted by molar-refractivity contribution is -0.137. The number of amides is 1. The smallest absolute Gasteiger partial charge is 0.407 e. The van der Waals surface area contributed by atoms with Crippen LogP contribution in [0.4, 0.5) is 4.79 Å². The Hall–Kier alpha value is -1.30. The molecule has 1 unspecified atom stereocenters. The highest BCUT2D eigenvalue weighted by Gasteiger charge is 2.27. The fraction of sp³-hybridized carbons (Fsp3) is 0.846. The molecule has 0 aromatic heterocycles. The molecule has 0 heterocycles. The summed E-state index contributed by atoms with van der Waals surface area (Å²) in [5.41, 5.74) is -1.14. The second kappa shape index (κ2) is 6.75. The second-order valence-electron chi connectivity index (χ2n) is 6.11. The van der Waals surface area contributed by atoms with Gasteiger partial charge in [-0.1, -0.05) is 0 Å². The van der Waals surface area contributed by atoms with E-state index in [-0.39, 0.29) is 6.42 Å². The number of carbonyl (C=O) groups is 2. The number of carbonyl (C=O) groups excluding carboxylic acids is 1. The normalized spacial score (nSPS) is 13.8. The van der Waals surface area contributed by atoms with Gasteiger partial charge in [-0.15, -0.1) is 0 Å². The number of alkyl carbamates (subject to hydrolysis) is 1. The highest BCUT2D eigenvalue weighted by atomic mass is 16.6. The zero-order valence-electron chi connectivity index (χ0n) is 12.6. The first kappa shape index (κ1) is 17.7. The van der Waals surface area contributed by atoms with Crippen LogP contribution in [-0.2, 0) is 14.3 Å². The monoisotopic (exact) mass is 275 g/mol. The molecular weight excluding hydrogens is 250 g/mol. The Morgan fingerprint density at radius 3 is 2.11 bits per heavy atom. The van der Waals surface area contributed by atoms with Gasteiger partial charge in [0.25, 0.3) is 0 Å². The summed E-state index contributed by atoms with van der Waals surface area (Å²) in [7, 11) is 1.55. The molecule has 6 nitrogen and oxygen atoms in total. The van der Waals surface area contributed by atoms with Crippen LogP contribution in [0.25, 0.3) is 0 Å². The van der Waals surface area contributed by atoms with Crippen molar-refractivity contribution in [2.45, 2.75) is 64.7 Å². The van der Waals surface area contributed by atoms with Gasteiger partial charge in [-0.05, 0) is 41.0 Å². The van der Waals surface area contributed by atoms with Crippen LogP contribution in [0, 0.1) is 0 Å². The summed E-state index contributed by atoms with van der Waals surface area (Å²) in [6, 6.07) is -0.540. The predicted octanol–water partition coefficient (Wildman–Crippen LogP) is 2.17. The summed E-state index contributed by atoms with van der Waals surface area (Å²) in [6.07, 6.45) is -0.410. The maximum absolute atomic E-state index is 11.7. The Morgan fingerprint density at radius 2 is 1.74 bits per heavy atom. The van der Waals surface area contributed by atoms with Crippen LogP contribution in [0.2, 0.25) is 0 Å². The number of hydrogen-bond acceptors (Lipinski definition) is 4. The first-order valence-corrected chi connectivity index (χ1v) is 6.21. The molecule has 0 rings (SSSR count). The van der Waals surface area contributed by atoms with E-state index in [9.17, 15) is 9.59 Å². The number of aliphatic carboxylic acids is 1. The lowest BCUT2D eigenvalue weighted by atomic mass is 9.97. The Balaban J connectivity index is 4.60. The van der Waals surface area contributed by atoms with E-state index < -0.39 is 29.3 Å². The number of rotatable bonds is 6. The molecule has 0 aromatic rings. The van der Waals surface area contributed by atoms with E-state index in [1.807, 2.05) is 13.8 Å². The Bertz CT molecular complexity index is 319. The summed E-state index contributed by atoms with van der Waals surface area (Å²) in [5, 5.41) is 11.4. The quantitative estimate of drug-likeness (QED) is 0.776. The van der Waals surface area contributed by atoms with Crippen LogP contribution in [0.5, 0.6) is 0 Å². The maximum atomic E-state index is 11.7. The summed E-state index contributed by atoms with van der Waals surface area (Å²) in [4.78, 5) is 22.5. The van der Waals surface area contributed by atoms with Gasteiger partial charge in [-0.25, -0.2) is 4.79 Å². The lowest BCUT2D eigenvalue weighted by Crippen LogP contribution is -2.44. The standard InChI is InChI=1S/C13H25NO5/c1-12(2,3)19-11(17)14-9(7-10(15)16)8-13(4,5)18-6/h9H,7-8H2,1-6H3,(H,14,17)(H,15,16). The number of ether oxygens (including phenoxy) is 2. The van der Waals surface area contributed by atoms with Gasteiger partial charge >= 0.3 is 12.1 Å². The molecule has 1 amide bonds. The first-order valence-electron chi connectivity index (χ1n) is 6.21. The van der Waals surface area contributed by atoms with Gasteiger partial charge in [-0.3, -0.25) is 4.79 Å². The first-order chi connectivity index (χ1) is 8.45. The molecule has 6 heteroatoms. The second-order valence-corrected chi connectivity index (χ2v) is 6.11. The van der Waals surface area contributed by atoms with Crippen molar-refractivity contribution in [1.29, 1.82) is 0 Å². The molecule has 2 N–H and O–H groups in total. The molecule has 0 aliphatic carbocycles. The molecule has 19 heavy (non-hydrogen) atoms. The van der Waals surface area contributed by atoms with Gasteiger partial charge in [0.2, 0.25) is 0 Å². The van der Waals surface area contributed by atoms with E-state index in [0.29, 0.717) is 6.42 Å². The Labute approximate surface area is 114 Å². The van der Waals surface area contributed by atoms with Crippen molar-refractivity contribution in [3.63, 3.8) is 0 Å². The molecule has 0 aliphatic rings. The van der Waals surface area contributed by atoms with Crippen molar-refractivity contribution in [3.05, 3.63) is 0 Å². The van der Waals surface area contributed by atoms with Crippen molar-refractivity contribution in [2.24, 2.45) is 0 Å². The van der Waals surface area contributed by atoms with Crippen LogP contribution in [0.1, 0.15) is 47.5 Å². The average Bonchev–Trinajstić information content (AvgIpc) is 2.12. The van der Waals surface area contributed by atoms with Crippen LogP contribution < -0.4 is 5.32 Å². The molecule has 1 atom stereocenters. The van der Waals surface area contributed by atoms with E-state index in [4.69, 9.17) is 14.6 Å². The molecular formula is C13H25NO5. The number of hydrogen-bond donors (Lipinski definition) is 2. The van der Waals surface area contributed by atoms with Crippen LogP contribution in [0.3, 0.4) is 0 Å². The van der Waals surface area contributed by atoms with Crippen molar-refractivity contribution in [1.82, 2.24) is 5.32 Å². The summed E-state index contributed by atoms with van der Waals surface area (Å²) < 4.78 is 10.4.